The minimum Gasteiger partial charge on any atom is -0.497 e. The molecule has 21 heavy (non-hydrogen) atoms. The Hall–Kier alpha value is -1.59. The first kappa shape index (κ1) is 15.8. The number of rotatable bonds is 6. The number of ether oxygens (including phenoxy) is 1. The zero-order valence-corrected chi connectivity index (χ0v) is 12.8. The third-order valence-electron chi connectivity index (χ3n) is 4.17. The van der Waals surface area contributed by atoms with E-state index >= 15 is 0 Å². The Kier molecular flexibility index (Phi) is 5.59. The summed E-state index contributed by atoms with van der Waals surface area (Å²) < 4.78 is 5.28. The van der Waals surface area contributed by atoms with Gasteiger partial charge in [-0.15, -0.1) is 0 Å². The van der Waals surface area contributed by atoms with Crippen molar-refractivity contribution in [3.8, 4) is 5.75 Å². The highest BCUT2D eigenvalue weighted by Gasteiger charge is 2.22. The molecule has 0 saturated carbocycles. The average Bonchev–Trinajstić information content (AvgIpc) is 2.52. The molecule has 1 aliphatic heterocycles. The number of benzene rings is 1. The van der Waals surface area contributed by atoms with Crippen LogP contribution in [0, 0.1) is 0 Å². The van der Waals surface area contributed by atoms with Crippen molar-refractivity contribution < 1.29 is 14.6 Å². The maximum absolute atomic E-state index is 10.6. The van der Waals surface area contributed by atoms with Crippen molar-refractivity contribution in [2.45, 2.75) is 19.4 Å². The largest absolute Gasteiger partial charge is 0.497 e. The Morgan fingerprint density at radius 3 is 2.67 bits per heavy atom. The minimum absolute atomic E-state index is 0.228. The van der Waals surface area contributed by atoms with Gasteiger partial charge < -0.3 is 14.7 Å². The van der Waals surface area contributed by atoms with Gasteiger partial charge in [-0.3, -0.25) is 9.69 Å². The molecule has 1 fully saturated rings. The van der Waals surface area contributed by atoms with Gasteiger partial charge in [-0.05, 0) is 24.6 Å². The smallest absolute Gasteiger partial charge is 0.304 e. The van der Waals surface area contributed by atoms with Gasteiger partial charge in [0.05, 0.1) is 13.5 Å². The molecule has 2 rings (SSSR count). The van der Waals surface area contributed by atoms with E-state index in [2.05, 4.69) is 28.9 Å². The molecule has 1 atom stereocenters. The van der Waals surface area contributed by atoms with Gasteiger partial charge in [-0.25, -0.2) is 0 Å². The molecule has 1 unspecified atom stereocenters. The summed E-state index contributed by atoms with van der Waals surface area (Å²) in [5, 5.41) is 8.73. The SMILES string of the molecule is COc1cccc(C(C)N2CCN(CCC(=O)O)CC2)c1. The average molecular weight is 292 g/mol. The lowest BCUT2D eigenvalue weighted by molar-refractivity contribution is -0.137. The van der Waals surface area contributed by atoms with Crippen LogP contribution in [0.3, 0.4) is 0 Å². The summed E-state index contributed by atoms with van der Waals surface area (Å²) in [5.74, 6) is 0.168. The molecular weight excluding hydrogens is 268 g/mol. The molecule has 1 aromatic carbocycles. The highest BCUT2D eigenvalue weighted by molar-refractivity contribution is 5.66. The number of hydrogen-bond acceptors (Lipinski definition) is 4. The van der Waals surface area contributed by atoms with Crippen molar-refractivity contribution in [1.29, 1.82) is 0 Å². The normalized spacial score (nSPS) is 18.4. The summed E-state index contributed by atoms with van der Waals surface area (Å²) in [7, 11) is 1.69. The van der Waals surface area contributed by atoms with Crippen LogP contribution in [0.5, 0.6) is 5.75 Å². The molecule has 0 aliphatic carbocycles. The van der Waals surface area contributed by atoms with E-state index in [9.17, 15) is 4.79 Å². The molecule has 1 aromatic rings. The Labute approximate surface area is 126 Å². The first-order valence-electron chi connectivity index (χ1n) is 7.42. The second-order valence-corrected chi connectivity index (χ2v) is 5.47. The second kappa shape index (κ2) is 7.43. The summed E-state index contributed by atoms with van der Waals surface area (Å²) in [6.07, 6.45) is 0.228. The number of methoxy groups -OCH3 is 1. The Balaban J connectivity index is 1.87. The second-order valence-electron chi connectivity index (χ2n) is 5.47. The molecule has 1 aliphatic rings. The number of carbonyl (C=O) groups is 1. The van der Waals surface area contributed by atoms with Crippen molar-refractivity contribution >= 4 is 5.97 Å². The molecule has 0 amide bonds. The van der Waals surface area contributed by atoms with Gasteiger partial charge in [0.15, 0.2) is 0 Å². The van der Waals surface area contributed by atoms with Gasteiger partial charge in [-0.2, -0.15) is 0 Å². The zero-order chi connectivity index (χ0) is 15.2. The summed E-state index contributed by atoms with van der Waals surface area (Å²) >= 11 is 0. The summed E-state index contributed by atoms with van der Waals surface area (Å²) in [4.78, 5) is 15.3. The Bertz CT molecular complexity index is 470. The molecule has 116 valence electrons. The highest BCUT2D eigenvalue weighted by atomic mass is 16.5. The molecule has 1 saturated heterocycles. The van der Waals surface area contributed by atoms with Crippen LogP contribution in [-0.4, -0.2) is 60.7 Å². The van der Waals surface area contributed by atoms with Crippen LogP contribution < -0.4 is 4.74 Å². The van der Waals surface area contributed by atoms with Crippen molar-refractivity contribution in [2.24, 2.45) is 0 Å². The van der Waals surface area contributed by atoms with Crippen molar-refractivity contribution in [3.05, 3.63) is 29.8 Å². The number of nitrogens with zero attached hydrogens (tertiary/aromatic N) is 2. The molecule has 1 N–H and O–H groups in total. The predicted octanol–water partition coefficient (Wildman–Crippen LogP) is 1.85. The first-order chi connectivity index (χ1) is 10.1. The summed E-state index contributed by atoms with van der Waals surface area (Å²) in [5.41, 5.74) is 1.26. The van der Waals surface area contributed by atoms with E-state index in [-0.39, 0.29) is 6.42 Å². The van der Waals surface area contributed by atoms with E-state index in [1.165, 1.54) is 5.56 Å². The maximum atomic E-state index is 10.6. The molecule has 0 spiro atoms. The molecule has 0 radical (unpaired) electrons. The fourth-order valence-corrected chi connectivity index (χ4v) is 2.74. The number of carboxylic acid groups (broad SMARTS) is 1. The summed E-state index contributed by atoms with van der Waals surface area (Å²) in [6, 6.07) is 8.54. The van der Waals surface area contributed by atoms with E-state index in [1.807, 2.05) is 12.1 Å². The van der Waals surface area contributed by atoms with Gasteiger partial charge in [0.25, 0.3) is 0 Å². The van der Waals surface area contributed by atoms with Gasteiger partial charge in [0.2, 0.25) is 0 Å². The van der Waals surface area contributed by atoms with Crippen LogP contribution in [0.1, 0.15) is 24.9 Å². The van der Waals surface area contributed by atoms with Crippen LogP contribution >= 0.6 is 0 Å². The lowest BCUT2D eigenvalue weighted by Gasteiger charge is -2.38. The molecule has 0 bridgehead atoms. The lowest BCUT2D eigenvalue weighted by Crippen LogP contribution is -2.47. The Morgan fingerprint density at radius 1 is 1.33 bits per heavy atom. The monoisotopic (exact) mass is 292 g/mol. The van der Waals surface area contributed by atoms with Gasteiger partial charge in [0.1, 0.15) is 5.75 Å². The fraction of sp³-hybridized carbons (Fsp3) is 0.562. The van der Waals surface area contributed by atoms with Crippen LogP contribution in [-0.2, 0) is 4.79 Å². The van der Waals surface area contributed by atoms with E-state index in [4.69, 9.17) is 9.84 Å². The van der Waals surface area contributed by atoms with Crippen LogP contribution in [0.15, 0.2) is 24.3 Å². The summed E-state index contributed by atoms with van der Waals surface area (Å²) in [6.45, 7) is 6.66. The van der Waals surface area contributed by atoms with E-state index < -0.39 is 5.97 Å². The fourth-order valence-electron chi connectivity index (χ4n) is 2.74. The third kappa shape index (κ3) is 4.44. The molecule has 0 aromatic heterocycles. The quantitative estimate of drug-likeness (QED) is 0.867. The van der Waals surface area contributed by atoms with Crippen molar-refractivity contribution in [2.75, 3.05) is 39.8 Å². The van der Waals surface area contributed by atoms with E-state index in [1.54, 1.807) is 7.11 Å². The van der Waals surface area contributed by atoms with Crippen LogP contribution in [0.4, 0.5) is 0 Å². The van der Waals surface area contributed by atoms with E-state index in [0.717, 1.165) is 31.9 Å². The first-order valence-corrected chi connectivity index (χ1v) is 7.42. The number of hydrogen-bond donors (Lipinski definition) is 1. The van der Waals surface area contributed by atoms with Gasteiger partial charge in [-0.1, -0.05) is 12.1 Å². The van der Waals surface area contributed by atoms with Crippen LogP contribution in [0.2, 0.25) is 0 Å². The van der Waals surface area contributed by atoms with E-state index in [0.29, 0.717) is 12.6 Å². The number of piperazine rings is 1. The standard InChI is InChI=1S/C16H24N2O3/c1-13(14-4-3-5-15(12-14)21-2)18-10-8-17(9-11-18)7-6-16(19)20/h3-5,12-13H,6-11H2,1-2H3,(H,19,20). The molecule has 5 heteroatoms. The van der Waals surface area contributed by atoms with Crippen molar-refractivity contribution in [1.82, 2.24) is 9.80 Å². The highest BCUT2D eigenvalue weighted by Crippen LogP contribution is 2.24. The predicted molar refractivity (Wildman–Crippen MR) is 81.7 cm³/mol. The van der Waals surface area contributed by atoms with Gasteiger partial charge in [0, 0.05) is 38.8 Å². The van der Waals surface area contributed by atoms with Crippen LogP contribution in [0.25, 0.3) is 0 Å². The minimum atomic E-state index is -0.720. The number of aliphatic carboxylic acids is 1. The maximum Gasteiger partial charge on any atom is 0.304 e. The van der Waals surface area contributed by atoms with Gasteiger partial charge >= 0.3 is 5.97 Å². The lowest BCUT2D eigenvalue weighted by atomic mass is 10.1. The number of carboxylic acids is 1. The third-order valence-corrected chi connectivity index (χ3v) is 4.17. The Morgan fingerprint density at radius 2 is 2.05 bits per heavy atom. The molecular formula is C16H24N2O3. The topological polar surface area (TPSA) is 53.0 Å². The van der Waals surface area contributed by atoms with Crippen molar-refractivity contribution in [3.63, 3.8) is 0 Å². The molecule has 1 heterocycles. The molecule has 5 nitrogen and oxygen atoms in total. The zero-order valence-electron chi connectivity index (χ0n) is 12.8.